The van der Waals surface area contributed by atoms with Gasteiger partial charge in [0.25, 0.3) is 0 Å². The van der Waals surface area contributed by atoms with E-state index in [4.69, 9.17) is 15.2 Å². The SMILES string of the molecule is CN(C(=O)O[C@@H]1CCC(c2cc(N)n(C(C)(C)C)n2)C1)N(C)C(=O)OC(C)(C)C. The summed E-state index contributed by atoms with van der Waals surface area (Å²) in [5.74, 6) is 0.819. The summed E-state index contributed by atoms with van der Waals surface area (Å²) in [6.07, 6.45) is 0.833. The Balaban J connectivity index is 1.94. The Labute approximate surface area is 173 Å². The summed E-state index contributed by atoms with van der Waals surface area (Å²) in [6, 6.07) is 1.91. The van der Waals surface area contributed by atoms with Gasteiger partial charge in [0.1, 0.15) is 17.5 Å². The first-order valence-corrected chi connectivity index (χ1v) is 9.96. The van der Waals surface area contributed by atoms with E-state index < -0.39 is 17.8 Å². The van der Waals surface area contributed by atoms with Crippen LogP contribution in [0.1, 0.15) is 72.4 Å². The predicted molar refractivity (Wildman–Crippen MR) is 110 cm³/mol. The fraction of sp³-hybridized carbons (Fsp3) is 0.750. The lowest BCUT2D eigenvalue weighted by Gasteiger charge is -2.30. The van der Waals surface area contributed by atoms with Gasteiger partial charge in [0.05, 0.1) is 11.2 Å². The monoisotopic (exact) mass is 409 g/mol. The molecule has 0 radical (unpaired) electrons. The highest BCUT2D eigenvalue weighted by Gasteiger charge is 2.33. The average Bonchev–Trinajstić information content (AvgIpc) is 3.17. The first-order valence-electron chi connectivity index (χ1n) is 9.96. The highest BCUT2D eigenvalue weighted by molar-refractivity contribution is 5.74. The molecule has 164 valence electrons. The Morgan fingerprint density at radius 2 is 1.69 bits per heavy atom. The van der Waals surface area contributed by atoms with Crippen molar-refractivity contribution in [1.29, 1.82) is 0 Å². The number of nitrogen functional groups attached to an aromatic ring is 1. The number of carbonyl (C=O) groups excluding carboxylic acids is 2. The molecule has 1 aliphatic carbocycles. The molecule has 1 unspecified atom stereocenters. The third kappa shape index (κ3) is 5.77. The quantitative estimate of drug-likeness (QED) is 0.747. The predicted octanol–water partition coefficient (Wildman–Crippen LogP) is 3.71. The number of ether oxygens (including phenoxy) is 2. The number of nitrogens with zero attached hydrogens (tertiary/aromatic N) is 4. The first-order chi connectivity index (χ1) is 13.2. The second-order valence-corrected chi connectivity index (χ2v) is 9.62. The number of hydrogen-bond acceptors (Lipinski definition) is 6. The van der Waals surface area contributed by atoms with Crippen LogP contribution in [0.15, 0.2) is 6.07 Å². The van der Waals surface area contributed by atoms with E-state index in [9.17, 15) is 9.59 Å². The van der Waals surface area contributed by atoms with Crippen molar-refractivity contribution in [2.75, 3.05) is 19.8 Å². The van der Waals surface area contributed by atoms with Crippen LogP contribution in [0.25, 0.3) is 0 Å². The van der Waals surface area contributed by atoms with Crippen molar-refractivity contribution in [3.63, 3.8) is 0 Å². The Hall–Kier alpha value is -2.45. The van der Waals surface area contributed by atoms with Gasteiger partial charge in [-0.15, -0.1) is 0 Å². The molecule has 2 atom stereocenters. The summed E-state index contributed by atoms with van der Waals surface area (Å²) in [5.41, 5.74) is 6.20. The third-order valence-corrected chi connectivity index (χ3v) is 4.83. The zero-order valence-electron chi connectivity index (χ0n) is 18.9. The minimum atomic E-state index is -0.646. The highest BCUT2D eigenvalue weighted by Crippen LogP contribution is 2.37. The molecular weight excluding hydrogens is 374 g/mol. The zero-order valence-corrected chi connectivity index (χ0v) is 18.9. The lowest BCUT2D eigenvalue weighted by Crippen LogP contribution is -2.47. The first kappa shape index (κ1) is 22.8. The molecule has 2 rings (SSSR count). The van der Waals surface area contributed by atoms with Gasteiger partial charge in [-0.05, 0) is 60.8 Å². The summed E-state index contributed by atoms with van der Waals surface area (Å²) in [6.45, 7) is 11.5. The Morgan fingerprint density at radius 3 is 2.21 bits per heavy atom. The van der Waals surface area contributed by atoms with Crippen molar-refractivity contribution in [3.05, 3.63) is 11.8 Å². The highest BCUT2D eigenvalue weighted by atomic mass is 16.6. The smallest absolute Gasteiger partial charge is 0.429 e. The summed E-state index contributed by atoms with van der Waals surface area (Å²) >= 11 is 0. The van der Waals surface area contributed by atoms with Crippen molar-refractivity contribution in [1.82, 2.24) is 19.8 Å². The summed E-state index contributed by atoms with van der Waals surface area (Å²) in [4.78, 5) is 24.6. The van der Waals surface area contributed by atoms with E-state index in [1.807, 2.05) is 10.7 Å². The summed E-state index contributed by atoms with van der Waals surface area (Å²) in [7, 11) is 2.94. The molecule has 1 fully saturated rings. The average molecular weight is 410 g/mol. The van der Waals surface area contributed by atoms with E-state index in [1.54, 1.807) is 20.8 Å². The van der Waals surface area contributed by atoms with E-state index >= 15 is 0 Å². The van der Waals surface area contributed by atoms with E-state index in [-0.39, 0.29) is 17.6 Å². The number of anilines is 1. The van der Waals surface area contributed by atoms with Gasteiger partial charge in [-0.1, -0.05) is 0 Å². The van der Waals surface area contributed by atoms with Gasteiger partial charge in [-0.25, -0.2) is 24.3 Å². The molecule has 0 aromatic carbocycles. The second-order valence-electron chi connectivity index (χ2n) is 9.62. The molecule has 2 N–H and O–H groups in total. The molecule has 2 amide bonds. The molecule has 0 aliphatic heterocycles. The number of rotatable bonds is 2. The maximum Gasteiger partial charge on any atom is 0.429 e. The van der Waals surface area contributed by atoms with Crippen LogP contribution < -0.4 is 5.73 Å². The third-order valence-electron chi connectivity index (χ3n) is 4.83. The number of aromatic nitrogens is 2. The van der Waals surface area contributed by atoms with Crippen LogP contribution in [-0.4, -0.2) is 57.8 Å². The fourth-order valence-electron chi connectivity index (χ4n) is 3.26. The summed E-state index contributed by atoms with van der Waals surface area (Å²) < 4.78 is 12.7. The molecule has 9 heteroatoms. The molecular formula is C20H35N5O4. The molecule has 9 nitrogen and oxygen atoms in total. The maximum absolute atomic E-state index is 12.5. The second kappa shape index (κ2) is 8.12. The minimum absolute atomic E-state index is 0.188. The summed E-state index contributed by atoms with van der Waals surface area (Å²) in [5, 5.41) is 6.89. The number of carbonyl (C=O) groups is 2. The van der Waals surface area contributed by atoms with Crippen LogP contribution in [0.2, 0.25) is 0 Å². The molecule has 1 saturated carbocycles. The molecule has 1 heterocycles. The van der Waals surface area contributed by atoms with Gasteiger partial charge < -0.3 is 15.2 Å². The van der Waals surface area contributed by atoms with Gasteiger partial charge in [-0.3, -0.25) is 0 Å². The lowest BCUT2D eigenvalue weighted by atomic mass is 10.0. The fourth-order valence-corrected chi connectivity index (χ4v) is 3.26. The van der Waals surface area contributed by atoms with E-state index in [0.29, 0.717) is 12.2 Å². The number of nitrogens with two attached hydrogens (primary N) is 1. The topological polar surface area (TPSA) is 103 Å². The molecule has 1 aromatic heterocycles. The van der Waals surface area contributed by atoms with Crippen molar-refractivity contribution in [2.24, 2.45) is 0 Å². The Morgan fingerprint density at radius 1 is 1.10 bits per heavy atom. The van der Waals surface area contributed by atoms with Crippen LogP contribution in [0.4, 0.5) is 15.4 Å². The number of hydrogen-bond donors (Lipinski definition) is 1. The van der Waals surface area contributed by atoms with Crippen LogP contribution in [-0.2, 0) is 15.0 Å². The van der Waals surface area contributed by atoms with E-state index in [1.165, 1.54) is 14.1 Å². The van der Waals surface area contributed by atoms with Crippen molar-refractivity contribution >= 4 is 18.0 Å². The molecule has 1 aliphatic rings. The van der Waals surface area contributed by atoms with Crippen molar-refractivity contribution < 1.29 is 19.1 Å². The van der Waals surface area contributed by atoms with Gasteiger partial charge in [0.15, 0.2) is 0 Å². The number of amides is 2. The lowest BCUT2D eigenvalue weighted by molar-refractivity contribution is -0.0321. The van der Waals surface area contributed by atoms with Gasteiger partial charge in [-0.2, -0.15) is 5.10 Å². The van der Waals surface area contributed by atoms with Crippen molar-refractivity contribution in [2.45, 2.75) is 84.0 Å². The van der Waals surface area contributed by atoms with Crippen LogP contribution in [0, 0.1) is 0 Å². The van der Waals surface area contributed by atoms with Crippen LogP contribution in [0.3, 0.4) is 0 Å². The van der Waals surface area contributed by atoms with Crippen molar-refractivity contribution in [3.8, 4) is 0 Å². The minimum Gasteiger partial charge on any atom is -0.445 e. The van der Waals surface area contributed by atoms with E-state index in [2.05, 4.69) is 25.9 Å². The normalized spacial score (nSPS) is 19.7. The molecule has 0 bridgehead atoms. The maximum atomic E-state index is 12.5. The molecule has 0 spiro atoms. The van der Waals surface area contributed by atoms with E-state index in [0.717, 1.165) is 28.6 Å². The van der Waals surface area contributed by atoms with Crippen LogP contribution in [0.5, 0.6) is 0 Å². The van der Waals surface area contributed by atoms with Crippen LogP contribution >= 0.6 is 0 Å². The standard InChI is InChI=1S/C20H35N5O4/c1-19(2,3)25-16(21)12-15(22-25)13-9-10-14(11-13)28-17(26)23(7)24(8)18(27)29-20(4,5)6/h12-14H,9-11,21H2,1-8H3/t13?,14-/m1/s1. The Kier molecular flexibility index (Phi) is 6.39. The molecule has 29 heavy (non-hydrogen) atoms. The van der Waals surface area contributed by atoms with Gasteiger partial charge in [0, 0.05) is 26.1 Å². The Bertz CT molecular complexity index is 747. The largest absolute Gasteiger partial charge is 0.445 e. The zero-order chi connectivity index (χ0) is 22.1. The van der Waals surface area contributed by atoms with Gasteiger partial charge >= 0.3 is 12.2 Å². The number of hydrazine groups is 1. The molecule has 0 saturated heterocycles. The molecule has 1 aromatic rings. The van der Waals surface area contributed by atoms with Gasteiger partial charge in [0.2, 0.25) is 0 Å².